The van der Waals surface area contributed by atoms with Gasteiger partial charge in [0.25, 0.3) is 5.91 Å². The van der Waals surface area contributed by atoms with Crippen molar-refractivity contribution < 1.29 is 9.18 Å². The Labute approximate surface area is 114 Å². The van der Waals surface area contributed by atoms with Gasteiger partial charge in [-0.25, -0.2) is 4.39 Å². The number of carbonyl (C=O) groups is 1. The van der Waals surface area contributed by atoms with E-state index in [1.165, 1.54) is 6.07 Å². The Balaban J connectivity index is 2.94. The Morgan fingerprint density at radius 3 is 2.76 bits per heavy atom. The summed E-state index contributed by atoms with van der Waals surface area (Å²) >= 11 is 8.84. The van der Waals surface area contributed by atoms with E-state index in [1.807, 2.05) is 13.8 Å². The number of hydrogen-bond donors (Lipinski definition) is 1. The maximum atomic E-state index is 13.7. The lowest BCUT2D eigenvalue weighted by atomic mass is 10.0. The van der Waals surface area contributed by atoms with Crippen LogP contribution in [-0.2, 0) is 0 Å². The third-order valence-corrected chi connectivity index (χ3v) is 3.89. The van der Waals surface area contributed by atoms with Gasteiger partial charge in [0, 0.05) is 5.88 Å². The molecule has 0 aliphatic rings. The molecule has 0 saturated heterocycles. The van der Waals surface area contributed by atoms with Gasteiger partial charge in [-0.1, -0.05) is 13.0 Å². The van der Waals surface area contributed by atoms with Crippen molar-refractivity contribution >= 4 is 33.4 Å². The van der Waals surface area contributed by atoms with Crippen LogP contribution in [0.3, 0.4) is 0 Å². The minimum atomic E-state index is -0.557. The van der Waals surface area contributed by atoms with Crippen LogP contribution in [0.15, 0.2) is 22.7 Å². The fourth-order valence-corrected chi connectivity index (χ4v) is 1.86. The van der Waals surface area contributed by atoms with Crippen LogP contribution in [0.1, 0.15) is 30.6 Å². The fraction of sp³-hybridized carbons (Fsp3) is 0.417. The molecule has 0 aromatic heterocycles. The molecule has 1 rings (SSSR count). The molecular weight excluding hydrogens is 308 g/mol. The Morgan fingerprint density at radius 1 is 1.59 bits per heavy atom. The largest absolute Gasteiger partial charge is 0.346 e. The molecule has 2 nitrogen and oxygen atoms in total. The van der Waals surface area contributed by atoms with Crippen molar-refractivity contribution in [3.05, 3.63) is 34.1 Å². The summed E-state index contributed by atoms with van der Waals surface area (Å²) in [5.41, 5.74) is -0.503. The zero-order valence-corrected chi connectivity index (χ0v) is 12.0. The normalized spacial score (nSPS) is 14.2. The standard InChI is InChI=1S/C12H14BrClFNO/c1-3-12(2,7-14)16-11(17)8-5-4-6-9(13)10(8)15/h4-6H,3,7H2,1-2H3,(H,16,17). The smallest absolute Gasteiger partial charge is 0.254 e. The van der Waals surface area contributed by atoms with Crippen LogP contribution in [0.5, 0.6) is 0 Å². The SMILES string of the molecule is CCC(C)(CCl)NC(=O)c1cccc(Br)c1F. The summed E-state index contributed by atoms with van der Waals surface area (Å²) in [6.45, 7) is 3.74. The van der Waals surface area contributed by atoms with E-state index >= 15 is 0 Å². The average Bonchev–Trinajstić information content (AvgIpc) is 2.32. The van der Waals surface area contributed by atoms with Crippen molar-refractivity contribution in [3.8, 4) is 0 Å². The number of carbonyl (C=O) groups excluding carboxylic acids is 1. The van der Waals surface area contributed by atoms with Gasteiger partial charge in [0.1, 0.15) is 5.82 Å². The van der Waals surface area contributed by atoms with Crippen molar-refractivity contribution in [2.24, 2.45) is 0 Å². The van der Waals surface area contributed by atoms with Crippen LogP contribution in [0, 0.1) is 5.82 Å². The van der Waals surface area contributed by atoms with Crippen molar-refractivity contribution in [2.45, 2.75) is 25.8 Å². The van der Waals surface area contributed by atoms with Gasteiger partial charge in [0.15, 0.2) is 0 Å². The van der Waals surface area contributed by atoms with Crippen LogP contribution in [0.4, 0.5) is 4.39 Å². The van der Waals surface area contributed by atoms with Gasteiger partial charge in [-0.2, -0.15) is 0 Å². The Bertz CT molecular complexity index is 421. The molecule has 1 atom stereocenters. The number of hydrogen-bond acceptors (Lipinski definition) is 1. The minimum absolute atomic E-state index is 0.0177. The molecule has 0 aliphatic carbocycles. The first-order valence-corrected chi connectivity index (χ1v) is 6.59. The molecule has 1 N–H and O–H groups in total. The van der Waals surface area contributed by atoms with E-state index in [0.29, 0.717) is 6.42 Å². The summed E-state index contributed by atoms with van der Waals surface area (Å²) in [7, 11) is 0. The molecule has 0 heterocycles. The van der Waals surface area contributed by atoms with Crippen LogP contribution >= 0.6 is 27.5 Å². The number of benzene rings is 1. The fourth-order valence-electron chi connectivity index (χ4n) is 1.24. The van der Waals surface area contributed by atoms with E-state index in [2.05, 4.69) is 21.2 Å². The van der Waals surface area contributed by atoms with Crippen molar-refractivity contribution in [2.75, 3.05) is 5.88 Å². The summed E-state index contributed by atoms with van der Waals surface area (Å²) in [5, 5.41) is 2.75. The molecule has 0 aliphatic heterocycles. The van der Waals surface area contributed by atoms with Crippen LogP contribution < -0.4 is 5.32 Å². The Hall–Kier alpha value is -0.610. The van der Waals surface area contributed by atoms with E-state index in [-0.39, 0.29) is 15.9 Å². The highest BCUT2D eigenvalue weighted by atomic mass is 79.9. The molecule has 1 aromatic rings. The second kappa shape index (κ2) is 5.83. The zero-order valence-electron chi connectivity index (χ0n) is 9.69. The maximum Gasteiger partial charge on any atom is 0.254 e. The van der Waals surface area contributed by atoms with Gasteiger partial charge < -0.3 is 5.32 Å². The van der Waals surface area contributed by atoms with Gasteiger partial charge in [-0.05, 0) is 41.4 Å². The van der Waals surface area contributed by atoms with Gasteiger partial charge >= 0.3 is 0 Å². The van der Waals surface area contributed by atoms with Gasteiger partial charge in [0.05, 0.1) is 15.6 Å². The molecule has 94 valence electrons. The van der Waals surface area contributed by atoms with E-state index < -0.39 is 17.3 Å². The van der Waals surface area contributed by atoms with E-state index in [9.17, 15) is 9.18 Å². The molecule has 17 heavy (non-hydrogen) atoms. The molecule has 0 bridgehead atoms. The molecule has 0 fully saturated rings. The summed E-state index contributed by atoms with van der Waals surface area (Å²) < 4.78 is 14.0. The highest BCUT2D eigenvalue weighted by Crippen LogP contribution is 2.20. The molecule has 0 spiro atoms. The van der Waals surface area contributed by atoms with E-state index in [4.69, 9.17) is 11.6 Å². The number of halogens is 3. The predicted octanol–water partition coefficient (Wildman–Crippen LogP) is 3.73. The second-order valence-electron chi connectivity index (χ2n) is 4.10. The lowest BCUT2D eigenvalue weighted by molar-refractivity contribution is 0.0908. The van der Waals surface area contributed by atoms with Gasteiger partial charge in [-0.3, -0.25) is 4.79 Å². The summed E-state index contributed by atoms with van der Waals surface area (Å²) in [4.78, 5) is 11.9. The lowest BCUT2D eigenvalue weighted by Gasteiger charge is -2.27. The molecule has 5 heteroatoms. The highest BCUT2D eigenvalue weighted by molar-refractivity contribution is 9.10. The number of rotatable bonds is 4. The quantitative estimate of drug-likeness (QED) is 0.841. The summed E-state index contributed by atoms with van der Waals surface area (Å²) in [6.07, 6.45) is 0.678. The molecule has 0 saturated carbocycles. The van der Waals surface area contributed by atoms with Crippen molar-refractivity contribution in [1.82, 2.24) is 5.32 Å². The summed E-state index contributed by atoms with van der Waals surface area (Å²) in [6, 6.07) is 4.61. The third kappa shape index (κ3) is 3.42. The first-order valence-electron chi connectivity index (χ1n) is 5.26. The van der Waals surface area contributed by atoms with Crippen LogP contribution in [0.25, 0.3) is 0 Å². The third-order valence-electron chi connectivity index (χ3n) is 2.69. The summed E-state index contributed by atoms with van der Waals surface area (Å²) in [5.74, 6) is -0.725. The molecule has 1 unspecified atom stereocenters. The van der Waals surface area contributed by atoms with Gasteiger partial charge in [0.2, 0.25) is 0 Å². The predicted molar refractivity (Wildman–Crippen MR) is 71.0 cm³/mol. The highest BCUT2D eigenvalue weighted by Gasteiger charge is 2.25. The molecule has 0 radical (unpaired) electrons. The van der Waals surface area contributed by atoms with Crippen LogP contribution in [-0.4, -0.2) is 17.3 Å². The topological polar surface area (TPSA) is 29.1 Å². The molecule has 1 amide bonds. The van der Waals surface area contributed by atoms with E-state index in [1.54, 1.807) is 12.1 Å². The Kier molecular flexibility index (Phi) is 4.95. The first kappa shape index (κ1) is 14.5. The molecular formula is C12H14BrClFNO. The average molecular weight is 323 g/mol. The van der Waals surface area contributed by atoms with Crippen molar-refractivity contribution in [3.63, 3.8) is 0 Å². The zero-order chi connectivity index (χ0) is 13.1. The van der Waals surface area contributed by atoms with Crippen molar-refractivity contribution in [1.29, 1.82) is 0 Å². The molecule has 1 aromatic carbocycles. The van der Waals surface area contributed by atoms with Gasteiger partial charge in [-0.15, -0.1) is 11.6 Å². The minimum Gasteiger partial charge on any atom is -0.346 e. The monoisotopic (exact) mass is 321 g/mol. The second-order valence-corrected chi connectivity index (χ2v) is 5.22. The number of amides is 1. The Morgan fingerprint density at radius 2 is 2.24 bits per heavy atom. The first-order chi connectivity index (χ1) is 7.93. The van der Waals surface area contributed by atoms with E-state index in [0.717, 1.165) is 0 Å². The lowest BCUT2D eigenvalue weighted by Crippen LogP contribution is -2.47. The van der Waals surface area contributed by atoms with Crippen LogP contribution in [0.2, 0.25) is 0 Å². The maximum absolute atomic E-state index is 13.7. The number of nitrogens with one attached hydrogen (secondary N) is 1. The number of alkyl halides is 1.